The molecule has 0 radical (unpaired) electrons. The summed E-state index contributed by atoms with van der Waals surface area (Å²) in [4.78, 5) is 38.8. The van der Waals surface area contributed by atoms with E-state index in [0.29, 0.717) is 23.5 Å². The summed E-state index contributed by atoms with van der Waals surface area (Å²) in [5, 5.41) is 14.7. The molecule has 2 aromatic carbocycles. The molecule has 0 saturated carbocycles. The van der Waals surface area contributed by atoms with Crippen LogP contribution in [0.4, 0.5) is 5.69 Å². The van der Waals surface area contributed by atoms with Gasteiger partial charge in [-0.1, -0.05) is 30.3 Å². The van der Waals surface area contributed by atoms with Gasteiger partial charge in [0.2, 0.25) is 5.91 Å². The Bertz CT molecular complexity index is 1000. The van der Waals surface area contributed by atoms with E-state index in [1.165, 1.54) is 12.1 Å². The summed E-state index contributed by atoms with van der Waals surface area (Å²) in [5.74, 6) is -0.316. The van der Waals surface area contributed by atoms with Crippen molar-refractivity contribution in [2.24, 2.45) is 10.1 Å². The van der Waals surface area contributed by atoms with Crippen molar-refractivity contribution >= 4 is 29.0 Å². The lowest BCUT2D eigenvalue weighted by molar-refractivity contribution is -0.384. The minimum Gasteiger partial charge on any atom is -0.285 e. The lowest BCUT2D eigenvalue weighted by atomic mass is 10.1. The van der Waals surface area contributed by atoms with Crippen molar-refractivity contribution in [3.05, 3.63) is 75.8 Å². The maximum absolute atomic E-state index is 12.2. The van der Waals surface area contributed by atoms with E-state index < -0.39 is 22.8 Å². The van der Waals surface area contributed by atoms with Crippen LogP contribution in [0, 0.1) is 10.1 Å². The fraction of sp³-hybridized carbons (Fsp3) is 0.200. The summed E-state index contributed by atoms with van der Waals surface area (Å²) in [6, 6.07) is 14.6. The molecule has 1 heterocycles. The number of hydrazine groups is 1. The lowest BCUT2D eigenvalue weighted by Crippen LogP contribution is -2.52. The Morgan fingerprint density at radius 3 is 2.53 bits per heavy atom. The van der Waals surface area contributed by atoms with E-state index in [9.17, 15) is 19.7 Å². The smallest absolute Gasteiger partial charge is 0.269 e. The van der Waals surface area contributed by atoms with Crippen LogP contribution in [0.5, 0.6) is 0 Å². The number of carbonyl (C=O) groups is 2. The summed E-state index contributed by atoms with van der Waals surface area (Å²) in [6.45, 7) is 1.66. The summed E-state index contributed by atoms with van der Waals surface area (Å²) in [7, 11) is 0. The van der Waals surface area contributed by atoms with Gasteiger partial charge in [0, 0.05) is 18.6 Å². The number of hydrogen-bond donors (Lipinski definition) is 3. The molecule has 154 valence electrons. The zero-order valence-electron chi connectivity index (χ0n) is 16.2. The Morgan fingerprint density at radius 1 is 1.17 bits per heavy atom. The highest BCUT2D eigenvalue weighted by molar-refractivity contribution is 6.00. The van der Waals surface area contributed by atoms with E-state index in [4.69, 9.17) is 0 Å². The van der Waals surface area contributed by atoms with Gasteiger partial charge in [0.25, 0.3) is 11.6 Å². The zero-order valence-corrected chi connectivity index (χ0v) is 16.2. The van der Waals surface area contributed by atoms with E-state index in [1.807, 2.05) is 30.3 Å². The number of non-ortho nitro benzene ring substituents is 1. The lowest BCUT2D eigenvalue weighted by Gasteiger charge is -2.21. The highest BCUT2D eigenvalue weighted by Crippen LogP contribution is 2.12. The van der Waals surface area contributed by atoms with E-state index in [2.05, 4.69) is 26.4 Å². The molecule has 1 aliphatic rings. The van der Waals surface area contributed by atoms with Crippen molar-refractivity contribution in [2.45, 2.75) is 25.8 Å². The quantitative estimate of drug-likeness (QED) is 0.362. The normalized spacial score (nSPS) is 16.2. The van der Waals surface area contributed by atoms with E-state index >= 15 is 0 Å². The monoisotopic (exact) mass is 408 g/mol. The second kappa shape index (κ2) is 9.41. The molecule has 0 aromatic heterocycles. The van der Waals surface area contributed by atoms with Crippen LogP contribution in [0.15, 0.2) is 64.7 Å². The van der Waals surface area contributed by atoms with Crippen LogP contribution in [0.2, 0.25) is 0 Å². The third-order valence-corrected chi connectivity index (χ3v) is 4.38. The van der Waals surface area contributed by atoms with Gasteiger partial charge in [-0.15, -0.1) is 0 Å². The van der Waals surface area contributed by atoms with Gasteiger partial charge >= 0.3 is 0 Å². The minimum absolute atomic E-state index is 0.0309. The molecule has 3 N–H and O–H groups in total. The van der Waals surface area contributed by atoms with Crippen molar-refractivity contribution < 1.29 is 14.5 Å². The van der Waals surface area contributed by atoms with Gasteiger partial charge in [-0.3, -0.25) is 35.5 Å². The SMILES string of the molecule is C/C(=N\NC(=O)C[C@H]1N=C(Cc2ccccc2)NNC1=O)c1ccc([N+](=O)[O-])cc1. The van der Waals surface area contributed by atoms with E-state index in [0.717, 1.165) is 5.56 Å². The maximum atomic E-state index is 12.2. The van der Waals surface area contributed by atoms with Gasteiger partial charge < -0.3 is 0 Å². The zero-order chi connectivity index (χ0) is 21.5. The molecular formula is C20H20N6O4. The predicted molar refractivity (Wildman–Crippen MR) is 111 cm³/mol. The third-order valence-electron chi connectivity index (χ3n) is 4.38. The highest BCUT2D eigenvalue weighted by Gasteiger charge is 2.25. The number of rotatable bonds is 7. The molecule has 0 saturated heterocycles. The van der Waals surface area contributed by atoms with Gasteiger partial charge in [-0.05, 0) is 30.2 Å². The topological polar surface area (TPSA) is 138 Å². The fourth-order valence-electron chi connectivity index (χ4n) is 2.77. The number of hydrogen-bond acceptors (Lipinski definition) is 7. The van der Waals surface area contributed by atoms with Crippen LogP contribution in [0.25, 0.3) is 0 Å². The number of nitro groups is 1. The fourth-order valence-corrected chi connectivity index (χ4v) is 2.77. The van der Waals surface area contributed by atoms with Crippen LogP contribution in [-0.4, -0.2) is 34.3 Å². The number of benzene rings is 2. The number of aliphatic imine (C=N–C) groups is 1. The number of carbonyl (C=O) groups excluding carboxylic acids is 2. The van der Waals surface area contributed by atoms with Crippen LogP contribution in [-0.2, 0) is 16.0 Å². The predicted octanol–water partition coefficient (Wildman–Crippen LogP) is 1.47. The van der Waals surface area contributed by atoms with Gasteiger partial charge in [-0.25, -0.2) is 5.43 Å². The average Bonchev–Trinajstić information content (AvgIpc) is 2.75. The Balaban J connectivity index is 1.59. The molecule has 0 spiro atoms. The van der Waals surface area contributed by atoms with E-state index in [1.54, 1.807) is 19.1 Å². The number of nitro benzene ring substituents is 1. The van der Waals surface area contributed by atoms with E-state index in [-0.39, 0.29) is 12.1 Å². The van der Waals surface area contributed by atoms with Crippen molar-refractivity contribution in [1.29, 1.82) is 0 Å². The molecule has 3 rings (SSSR count). The molecule has 0 aliphatic carbocycles. The van der Waals surface area contributed by atoms with Gasteiger partial charge in [0.1, 0.15) is 11.9 Å². The molecule has 1 atom stereocenters. The number of hydrazone groups is 1. The highest BCUT2D eigenvalue weighted by atomic mass is 16.6. The van der Waals surface area contributed by atoms with Gasteiger partial charge in [0.05, 0.1) is 17.1 Å². The Kier molecular flexibility index (Phi) is 6.48. The van der Waals surface area contributed by atoms with Crippen molar-refractivity contribution in [3.8, 4) is 0 Å². The second-order valence-electron chi connectivity index (χ2n) is 6.61. The first kappa shape index (κ1) is 20.6. The molecular weight excluding hydrogens is 388 g/mol. The molecule has 30 heavy (non-hydrogen) atoms. The molecule has 0 unspecified atom stereocenters. The standard InChI is InChI=1S/C20H20N6O4/c1-13(15-7-9-16(10-8-15)26(29)30)22-24-19(27)12-17-20(28)25-23-18(21-17)11-14-5-3-2-4-6-14/h2-10,17H,11-12H2,1H3,(H,21,23)(H,24,27)(H,25,28)/b22-13+/t17-/m1/s1. The largest absolute Gasteiger partial charge is 0.285 e. The molecule has 2 aromatic rings. The first-order valence-electron chi connectivity index (χ1n) is 9.17. The van der Waals surface area contributed by atoms with Crippen LogP contribution < -0.4 is 16.3 Å². The molecule has 2 amide bonds. The Hall–Kier alpha value is -4.08. The first-order valence-corrected chi connectivity index (χ1v) is 9.17. The van der Waals surface area contributed by atoms with Crippen LogP contribution in [0.1, 0.15) is 24.5 Å². The summed E-state index contributed by atoms with van der Waals surface area (Å²) >= 11 is 0. The Morgan fingerprint density at radius 2 is 1.87 bits per heavy atom. The van der Waals surface area contributed by atoms with Crippen molar-refractivity contribution in [2.75, 3.05) is 0 Å². The second-order valence-corrected chi connectivity index (χ2v) is 6.61. The molecule has 10 heteroatoms. The summed E-state index contributed by atoms with van der Waals surface area (Å²) < 4.78 is 0. The summed E-state index contributed by atoms with van der Waals surface area (Å²) in [6.07, 6.45) is 0.333. The molecule has 10 nitrogen and oxygen atoms in total. The van der Waals surface area contributed by atoms with Crippen LogP contribution in [0.3, 0.4) is 0 Å². The van der Waals surface area contributed by atoms with Gasteiger partial charge in [0.15, 0.2) is 0 Å². The third kappa shape index (κ3) is 5.47. The minimum atomic E-state index is -0.861. The average molecular weight is 408 g/mol. The van der Waals surface area contributed by atoms with Crippen molar-refractivity contribution in [3.63, 3.8) is 0 Å². The summed E-state index contributed by atoms with van der Waals surface area (Å²) in [5.41, 5.74) is 9.76. The molecule has 1 aliphatic heterocycles. The van der Waals surface area contributed by atoms with Crippen LogP contribution >= 0.6 is 0 Å². The number of amidine groups is 1. The number of nitrogens with zero attached hydrogens (tertiary/aromatic N) is 3. The number of amides is 2. The maximum Gasteiger partial charge on any atom is 0.269 e. The van der Waals surface area contributed by atoms with Crippen molar-refractivity contribution in [1.82, 2.24) is 16.3 Å². The Labute approximate surface area is 172 Å². The number of nitrogens with one attached hydrogen (secondary N) is 3. The molecule has 0 bridgehead atoms. The first-order chi connectivity index (χ1) is 14.4. The molecule has 0 fully saturated rings. The van der Waals surface area contributed by atoms with Gasteiger partial charge in [-0.2, -0.15) is 5.10 Å².